The molecule has 1 aromatic carbocycles. The molecular weight excluding hydrogens is 294 g/mol. The average molecular weight is 317 g/mol. The molecule has 2 unspecified atom stereocenters. The zero-order valence-electron chi connectivity index (χ0n) is 13.9. The molecule has 1 fully saturated rings. The number of carbonyl (C=O) groups excluding carboxylic acids is 2. The van der Waals surface area contributed by atoms with Gasteiger partial charge in [0.15, 0.2) is 5.78 Å². The Labute approximate surface area is 136 Å². The van der Waals surface area contributed by atoms with Crippen molar-refractivity contribution < 1.29 is 19.1 Å². The van der Waals surface area contributed by atoms with Crippen molar-refractivity contribution in [2.24, 2.45) is 5.92 Å². The largest absolute Gasteiger partial charge is 0.444 e. The number of hydrogen-bond acceptors (Lipinski definition) is 4. The number of carbonyl (C=O) groups is 2. The molecule has 124 valence electrons. The van der Waals surface area contributed by atoms with Crippen LogP contribution in [0.15, 0.2) is 24.3 Å². The number of rotatable bonds is 1. The number of hydrogen-bond donors (Lipinski definition) is 0. The van der Waals surface area contributed by atoms with E-state index in [4.69, 9.17) is 9.47 Å². The number of nitrogens with zero attached hydrogens (tertiary/aromatic N) is 1. The summed E-state index contributed by atoms with van der Waals surface area (Å²) in [7, 11) is 0. The Morgan fingerprint density at radius 1 is 1.30 bits per heavy atom. The van der Waals surface area contributed by atoms with Gasteiger partial charge in [0.2, 0.25) is 0 Å². The molecular formula is C18H23NO4. The summed E-state index contributed by atoms with van der Waals surface area (Å²) >= 11 is 0. The Balaban J connectivity index is 1.80. The van der Waals surface area contributed by atoms with Gasteiger partial charge in [-0.2, -0.15) is 0 Å². The van der Waals surface area contributed by atoms with E-state index >= 15 is 0 Å². The van der Waals surface area contributed by atoms with Crippen LogP contribution in [-0.2, 0) is 15.9 Å². The number of amides is 1. The maximum Gasteiger partial charge on any atom is 0.410 e. The third kappa shape index (κ3) is 3.24. The van der Waals surface area contributed by atoms with Crippen LogP contribution in [0.3, 0.4) is 0 Å². The molecule has 0 aromatic heterocycles. The van der Waals surface area contributed by atoms with E-state index in [1.54, 1.807) is 4.90 Å². The van der Waals surface area contributed by atoms with Crippen LogP contribution >= 0.6 is 0 Å². The van der Waals surface area contributed by atoms with Crippen LogP contribution in [0.2, 0.25) is 0 Å². The maximum atomic E-state index is 12.7. The molecule has 5 nitrogen and oxygen atoms in total. The van der Waals surface area contributed by atoms with Gasteiger partial charge in [0.25, 0.3) is 0 Å². The van der Waals surface area contributed by atoms with E-state index in [1.165, 1.54) is 0 Å². The molecule has 5 heteroatoms. The number of fused-ring (bicyclic) bond motifs is 1. The highest BCUT2D eigenvalue weighted by atomic mass is 16.6. The fraction of sp³-hybridized carbons (Fsp3) is 0.556. The smallest absolute Gasteiger partial charge is 0.410 e. The van der Waals surface area contributed by atoms with Crippen molar-refractivity contribution in [3.05, 3.63) is 35.4 Å². The minimum atomic E-state index is -0.553. The fourth-order valence-electron chi connectivity index (χ4n) is 3.28. The van der Waals surface area contributed by atoms with Crippen LogP contribution in [0.25, 0.3) is 0 Å². The van der Waals surface area contributed by atoms with Gasteiger partial charge in [-0.15, -0.1) is 0 Å². The molecule has 1 aromatic rings. The van der Waals surface area contributed by atoms with Crippen molar-refractivity contribution in [2.45, 2.75) is 38.8 Å². The second kappa shape index (κ2) is 5.96. The number of ketones is 1. The first kappa shape index (κ1) is 16.0. The summed E-state index contributed by atoms with van der Waals surface area (Å²) in [5.74, 6) is -0.148. The van der Waals surface area contributed by atoms with E-state index in [1.807, 2.05) is 45.0 Å². The monoisotopic (exact) mass is 317 g/mol. The molecule has 3 rings (SSSR count). The summed E-state index contributed by atoms with van der Waals surface area (Å²) in [6, 6.07) is 7.39. The number of benzene rings is 1. The zero-order chi connectivity index (χ0) is 16.6. The van der Waals surface area contributed by atoms with Crippen molar-refractivity contribution in [1.29, 1.82) is 0 Å². The molecule has 2 atom stereocenters. The van der Waals surface area contributed by atoms with Gasteiger partial charge in [-0.25, -0.2) is 4.79 Å². The van der Waals surface area contributed by atoms with Gasteiger partial charge >= 0.3 is 6.09 Å². The molecule has 1 saturated heterocycles. The summed E-state index contributed by atoms with van der Waals surface area (Å²) < 4.78 is 11.1. The number of ether oxygens (including phenoxy) is 2. The van der Waals surface area contributed by atoms with Gasteiger partial charge in [0.1, 0.15) is 5.60 Å². The lowest BCUT2D eigenvalue weighted by Gasteiger charge is -2.39. The Bertz CT molecular complexity index is 620. The second-order valence-corrected chi connectivity index (χ2v) is 7.15. The number of Topliss-reactive ketones (excluding diaryl/α,β-unsaturated/α-hetero) is 1. The third-order valence-corrected chi connectivity index (χ3v) is 4.32. The van der Waals surface area contributed by atoms with E-state index in [9.17, 15) is 9.59 Å². The first-order valence-corrected chi connectivity index (χ1v) is 8.06. The first-order valence-electron chi connectivity index (χ1n) is 8.06. The van der Waals surface area contributed by atoms with Crippen molar-refractivity contribution in [3.63, 3.8) is 0 Å². The standard InChI is InChI=1S/C18H23NO4/c1-18(2,3)23-17(21)19-8-9-22-11-15(19)14-10-12-6-4-5-7-13(12)16(14)20/h4-7,14-15H,8-11H2,1-3H3. The molecule has 0 radical (unpaired) electrons. The summed E-state index contributed by atoms with van der Waals surface area (Å²) in [6.45, 7) is 6.84. The lowest BCUT2D eigenvalue weighted by atomic mass is 9.94. The predicted molar refractivity (Wildman–Crippen MR) is 85.5 cm³/mol. The van der Waals surface area contributed by atoms with Crippen LogP contribution in [0.1, 0.15) is 36.7 Å². The van der Waals surface area contributed by atoms with Gasteiger partial charge < -0.3 is 9.47 Å². The van der Waals surface area contributed by atoms with Crippen molar-refractivity contribution in [1.82, 2.24) is 4.90 Å². The molecule has 0 spiro atoms. The minimum Gasteiger partial charge on any atom is -0.444 e. The molecule has 0 bridgehead atoms. The van der Waals surface area contributed by atoms with Gasteiger partial charge in [0.05, 0.1) is 19.3 Å². The van der Waals surface area contributed by atoms with E-state index in [-0.39, 0.29) is 23.8 Å². The molecule has 23 heavy (non-hydrogen) atoms. The van der Waals surface area contributed by atoms with Crippen LogP contribution in [0.4, 0.5) is 4.79 Å². The van der Waals surface area contributed by atoms with E-state index < -0.39 is 5.60 Å². The zero-order valence-corrected chi connectivity index (χ0v) is 13.9. The maximum absolute atomic E-state index is 12.7. The topological polar surface area (TPSA) is 55.8 Å². The Kier molecular flexibility index (Phi) is 4.15. The normalized spacial score (nSPS) is 24.5. The van der Waals surface area contributed by atoms with Crippen LogP contribution in [0.5, 0.6) is 0 Å². The lowest BCUT2D eigenvalue weighted by Crippen LogP contribution is -2.54. The van der Waals surface area contributed by atoms with Crippen molar-refractivity contribution in [3.8, 4) is 0 Å². The van der Waals surface area contributed by atoms with Crippen molar-refractivity contribution >= 4 is 11.9 Å². The summed E-state index contributed by atoms with van der Waals surface area (Å²) in [5.41, 5.74) is 1.27. The quantitative estimate of drug-likeness (QED) is 0.799. The molecule has 1 heterocycles. The second-order valence-electron chi connectivity index (χ2n) is 7.15. The van der Waals surface area contributed by atoms with Crippen LogP contribution in [0, 0.1) is 5.92 Å². The fourth-order valence-corrected chi connectivity index (χ4v) is 3.28. The Hall–Kier alpha value is -1.88. The highest BCUT2D eigenvalue weighted by Gasteiger charge is 2.42. The van der Waals surface area contributed by atoms with Gasteiger partial charge in [-0.05, 0) is 32.8 Å². The SMILES string of the molecule is CC(C)(C)OC(=O)N1CCOCC1C1Cc2ccccc2C1=O. The summed E-state index contributed by atoms with van der Waals surface area (Å²) in [6.07, 6.45) is 0.289. The molecule has 0 N–H and O–H groups in total. The summed E-state index contributed by atoms with van der Waals surface area (Å²) in [5, 5.41) is 0. The van der Waals surface area contributed by atoms with Crippen LogP contribution in [-0.4, -0.2) is 48.2 Å². The predicted octanol–water partition coefficient (Wildman–Crippen LogP) is 2.68. The molecule has 1 aliphatic carbocycles. The Morgan fingerprint density at radius 3 is 2.74 bits per heavy atom. The highest BCUT2D eigenvalue weighted by Crippen LogP contribution is 2.32. The summed E-state index contributed by atoms with van der Waals surface area (Å²) in [4.78, 5) is 26.9. The minimum absolute atomic E-state index is 0.102. The van der Waals surface area contributed by atoms with Gasteiger partial charge in [0, 0.05) is 18.0 Å². The van der Waals surface area contributed by atoms with Gasteiger partial charge in [-0.3, -0.25) is 9.69 Å². The lowest BCUT2D eigenvalue weighted by molar-refractivity contribution is -0.0425. The highest BCUT2D eigenvalue weighted by molar-refractivity contribution is 6.02. The van der Waals surface area contributed by atoms with Gasteiger partial charge in [-0.1, -0.05) is 24.3 Å². The third-order valence-electron chi connectivity index (χ3n) is 4.32. The van der Waals surface area contributed by atoms with Crippen molar-refractivity contribution in [2.75, 3.05) is 19.8 Å². The molecule has 1 aliphatic heterocycles. The first-order chi connectivity index (χ1) is 10.9. The molecule has 2 aliphatic rings. The van der Waals surface area contributed by atoms with E-state index in [0.717, 1.165) is 11.1 Å². The average Bonchev–Trinajstić information content (AvgIpc) is 2.83. The number of morpholine rings is 1. The van der Waals surface area contributed by atoms with Crippen LogP contribution < -0.4 is 0 Å². The van der Waals surface area contributed by atoms with E-state index in [0.29, 0.717) is 26.2 Å². The molecule has 0 saturated carbocycles. The Morgan fingerprint density at radius 2 is 2.04 bits per heavy atom. The molecule has 1 amide bonds. The van der Waals surface area contributed by atoms with E-state index in [2.05, 4.69) is 0 Å².